The van der Waals surface area contributed by atoms with Gasteiger partial charge in [0, 0.05) is 24.1 Å². The van der Waals surface area contributed by atoms with Gasteiger partial charge in [0.05, 0.1) is 0 Å². The number of rotatable bonds is 6. The quantitative estimate of drug-likeness (QED) is 0.789. The van der Waals surface area contributed by atoms with Gasteiger partial charge in [-0.25, -0.2) is 18.1 Å². The lowest BCUT2D eigenvalue weighted by atomic mass is 10.1. The van der Waals surface area contributed by atoms with Crippen LogP contribution in [0.25, 0.3) is 0 Å². The molecule has 2 unspecified atom stereocenters. The predicted octanol–water partition coefficient (Wildman–Crippen LogP) is 2.44. The molecule has 0 aliphatic heterocycles. The zero-order chi connectivity index (χ0) is 14.8. The Balaban J connectivity index is 2.01. The van der Waals surface area contributed by atoms with E-state index in [1.54, 1.807) is 6.20 Å². The molecule has 0 aromatic carbocycles. The SMILES string of the molecule is CCCn1cc(S(=O)(=O)NCC2CCC(Br)C2)nc1C. The molecular formula is C13H22BrN3O2S. The number of aromatic nitrogens is 2. The van der Waals surface area contributed by atoms with E-state index in [1.165, 1.54) is 0 Å². The van der Waals surface area contributed by atoms with E-state index >= 15 is 0 Å². The predicted molar refractivity (Wildman–Crippen MR) is 82.5 cm³/mol. The summed E-state index contributed by atoms with van der Waals surface area (Å²) in [6.07, 6.45) is 5.81. The number of alkyl halides is 1. The number of sulfonamides is 1. The van der Waals surface area contributed by atoms with Crippen molar-refractivity contribution in [1.29, 1.82) is 0 Å². The molecule has 1 aromatic rings. The van der Waals surface area contributed by atoms with Crippen molar-refractivity contribution in [3.63, 3.8) is 0 Å². The molecule has 20 heavy (non-hydrogen) atoms. The zero-order valence-corrected chi connectivity index (χ0v) is 14.4. The van der Waals surface area contributed by atoms with Crippen LogP contribution >= 0.6 is 15.9 Å². The van der Waals surface area contributed by atoms with Crippen LogP contribution in [0.1, 0.15) is 38.4 Å². The molecule has 0 saturated heterocycles. The van der Waals surface area contributed by atoms with Crippen molar-refractivity contribution >= 4 is 26.0 Å². The summed E-state index contributed by atoms with van der Waals surface area (Å²) in [7, 11) is -3.48. The van der Waals surface area contributed by atoms with Crippen LogP contribution in [0.4, 0.5) is 0 Å². The number of hydrogen-bond acceptors (Lipinski definition) is 3. The Morgan fingerprint density at radius 3 is 2.85 bits per heavy atom. The van der Waals surface area contributed by atoms with E-state index < -0.39 is 10.0 Å². The van der Waals surface area contributed by atoms with Gasteiger partial charge in [0.15, 0.2) is 5.03 Å². The van der Waals surface area contributed by atoms with Crippen LogP contribution in [0, 0.1) is 12.8 Å². The van der Waals surface area contributed by atoms with Gasteiger partial charge < -0.3 is 4.57 Å². The van der Waals surface area contributed by atoms with E-state index in [-0.39, 0.29) is 5.03 Å². The highest BCUT2D eigenvalue weighted by atomic mass is 79.9. The maximum Gasteiger partial charge on any atom is 0.259 e. The second kappa shape index (κ2) is 6.58. The van der Waals surface area contributed by atoms with Crippen LogP contribution in [0.5, 0.6) is 0 Å². The Morgan fingerprint density at radius 2 is 2.25 bits per heavy atom. The first-order valence-corrected chi connectivity index (χ1v) is 9.49. The Kier molecular flexibility index (Phi) is 5.25. The first-order valence-electron chi connectivity index (χ1n) is 7.10. The molecule has 0 spiro atoms. The average molecular weight is 364 g/mol. The van der Waals surface area contributed by atoms with Crippen LogP contribution in [-0.4, -0.2) is 29.3 Å². The van der Waals surface area contributed by atoms with E-state index in [1.807, 2.05) is 11.5 Å². The Hall–Kier alpha value is -0.400. The second-order valence-corrected chi connectivity index (χ2v) is 8.46. The van der Waals surface area contributed by atoms with E-state index in [2.05, 4.69) is 32.6 Å². The van der Waals surface area contributed by atoms with Crippen LogP contribution in [0.15, 0.2) is 11.2 Å². The molecule has 1 heterocycles. The molecule has 0 radical (unpaired) electrons. The lowest BCUT2D eigenvalue weighted by Crippen LogP contribution is -2.29. The molecule has 1 N–H and O–H groups in total. The number of imidazole rings is 1. The Labute approximate surface area is 129 Å². The first-order chi connectivity index (χ1) is 9.42. The lowest BCUT2D eigenvalue weighted by Gasteiger charge is -2.10. The minimum atomic E-state index is -3.48. The van der Waals surface area contributed by atoms with Crippen molar-refractivity contribution in [2.45, 2.75) is 55.9 Å². The van der Waals surface area contributed by atoms with Crippen molar-refractivity contribution < 1.29 is 8.42 Å². The summed E-state index contributed by atoms with van der Waals surface area (Å²) in [5, 5.41) is 0.136. The largest absolute Gasteiger partial charge is 0.334 e. The molecule has 2 rings (SSSR count). The zero-order valence-electron chi connectivity index (χ0n) is 12.0. The van der Waals surface area contributed by atoms with Gasteiger partial charge in [-0.2, -0.15) is 0 Å². The highest BCUT2D eigenvalue weighted by Gasteiger charge is 2.25. The molecule has 7 heteroatoms. The number of aryl methyl sites for hydroxylation is 2. The average Bonchev–Trinajstić information content (AvgIpc) is 2.95. The summed E-state index contributed by atoms with van der Waals surface area (Å²) < 4.78 is 29.1. The highest BCUT2D eigenvalue weighted by molar-refractivity contribution is 9.09. The van der Waals surface area contributed by atoms with Gasteiger partial charge in [-0.05, 0) is 38.5 Å². The van der Waals surface area contributed by atoms with Crippen LogP contribution in [-0.2, 0) is 16.6 Å². The van der Waals surface area contributed by atoms with Gasteiger partial charge in [0.2, 0.25) is 0 Å². The smallest absolute Gasteiger partial charge is 0.259 e. The fourth-order valence-electron chi connectivity index (χ4n) is 2.58. The minimum Gasteiger partial charge on any atom is -0.334 e. The van der Waals surface area contributed by atoms with Gasteiger partial charge >= 0.3 is 0 Å². The normalized spacial score (nSPS) is 23.4. The fraction of sp³-hybridized carbons (Fsp3) is 0.769. The number of halogens is 1. The van der Waals surface area contributed by atoms with Gasteiger partial charge in [0.25, 0.3) is 10.0 Å². The lowest BCUT2D eigenvalue weighted by molar-refractivity contribution is 0.519. The summed E-state index contributed by atoms with van der Waals surface area (Å²) in [6.45, 7) is 5.19. The molecule has 2 atom stereocenters. The molecular weight excluding hydrogens is 342 g/mol. The first kappa shape index (κ1) is 16.0. The summed E-state index contributed by atoms with van der Waals surface area (Å²) in [5.41, 5.74) is 0. The van der Waals surface area contributed by atoms with E-state index in [9.17, 15) is 8.42 Å². The molecule has 1 saturated carbocycles. The number of nitrogens with one attached hydrogen (secondary N) is 1. The van der Waals surface area contributed by atoms with Crippen LogP contribution in [0.3, 0.4) is 0 Å². The molecule has 0 amide bonds. The van der Waals surface area contributed by atoms with Crippen LogP contribution in [0.2, 0.25) is 0 Å². The maximum absolute atomic E-state index is 12.2. The number of nitrogens with zero attached hydrogens (tertiary/aromatic N) is 2. The molecule has 0 bridgehead atoms. The van der Waals surface area contributed by atoms with Crippen LogP contribution < -0.4 is 4.72 Å². The summed E-state index contributed by atoms with van der Waals surface area (Å²) in [5.74, 6) is 1.17. The number of hydrogen-bond donors (Lipinski definition) is 1. The molecule has 5 nitrogen and oxygen atoms in total. The standard InChI is InChI=1S/C13H22BrN3O2S/c1-3-6-17-9-13(16-10(17)2)20(18,19)15-8-11-4-5-12(14)7-11/h9,11-12,15H,3-8H2,1-2H3. The van der Waals surface area contributed by atoms with Gasteiger partial charge in [0.1, 0.15) is 5.82 Å². The van der Waals surface area contributed by atoms with Crippen molar-refractivity contribution in [2.75, 3.05) is 6.54 Å². The summed E-state index contributed by atoms with van der Waals surface area (Å²) in [4.78, 5) is 4.69. The van der Waals surface area contributed by atoms with Gasteiger partial charge in [-0.1, -0.05) is 22.9 Å². The van der Waals surface area contributed by atoms with Crippen molar-refractivity contribution in [2.24, 2.45) is 5.92 Å². The Bertz CT molecular complexity index is 556. The molecule has 1 aromatic heterocycles. The van der Waals surface area contributed by atoms with E-state index in [0.29, 0.717) is 17.3 Å². The highest BCUT2D eigenvalue weighted by Crippen LogP contribution is 2.30. The topological polar surface area (TPSA) is 64.0 Å². The third kappa shape index (κ3) is 3.83. The maximum atomic E-state index is 12.2. The molecule has 1 fully saturated rings. The summed E-state index contributed by atoms with van der Waals surface area (Å²) in [6, 6.07) is 0. The molecule has 1 aliphatic carbocycles. The van der Waals surface area contributed by atoms with E-state index in [0.717, 1.165) is 38.1 Å². The van der Waals surface area contributed by atoms with E-state index in [4.69, 9.17) is 0 Å². The Morgan fingerprint density at radius 1 is 1.50 bits per heavy atom. The second-order valence-electron chi connectivity index (χ2n) is 5.45. The third-order valence-electron chi connectivity index (χ3n) is 3.73. The van der Waals surface area contributed by atoms with Gasteiger partial charge in [-0.15, -0.1) is 0 Å². The van der Waals surface area contributed by atoms with Gasteiger partial charge in [-0.3, -0.25) is 0 Å². The minimum absolute atomic E-state index is 0.136. The molecule has 114 valence electrons. The third-order valence-corrected chi connectivity index (χ3v) is 5.86. The van der Waals surface area contributed by atoms with Crippen molar-refractivity contribution in [3.8, 4) is 0 Å². The molecule has 1 aliphatic rings. The summed E-state index contributed by atoms with van der Waals surface area (Å²) >= 11 is 3.58. The van der Waals surface area contributed by atoms with Crippen molar-refractivity contribution in [3.05, 3.63) is 12.0 Å². The fourth-order valence-corrected chi connectivity index (χ4v) is 4.49. The monoisotopic (exact) mass is 363 g/mol. The van der Waals surface area contributed by atoms with Crippen molar-refractivity contribution in [1.82, 2.24) is 14.3 Å².